The molecule has 1 unspecified atom stereocenters. The molecule has 0 radical (unpaired) electrons. The van der Waals surface area contributed by atoms with E-state index in [1.165, 1.54) is 4.57 Å². The molecule has 1 aromatic heterocycles. The van der Waals surface area contributed by atoms with Gasteiger partial charge in [0.25, 0.3) is 5.56 Å². The number of carboxylic acids is 1. The number of hydrogen-bond acceptors (Lipinski definition) is 3. The molecule has 0 aliphatic heterocycles. The molecule has 0 fully saturated rings. The molecule has 0 saturated heterocycles. The highest BCUT2D eigenvalue weighted by molar-refractivity contribution is 5.86. The lowest BCUT2D eigenvalue weighted by molar-refractivity contribution is 0.0693. The minimum Gasteiger partial charge on any atom is -0.477 e. The van der Waals surface area contributed by atoms with Gasteiger partial charge in [-0.15, -0.1) is 0 Å². The topological polar surface area (TPSA) is 92.2 Å². The Balaban J connectivity index is 3.42. The SMILES string of the molecule is CC(C)C(C)n1cc(C(=O)O)c(=O)[nH]c1=O. The van der Waals surface area contributed by atoms with Crippen molar-refractivity contribution in [1.82, 2.24) is 9.55 Å². The van der Waals surface area contributed by atoms with Crippen LogP contribution in [0.25, 0.3) is 0 Å². The van der Waals surface area contributed by atoms with E-state index < -0.39 is 22.8 Å². The molecule has 2 N–H and O–H groups in total. The first kappa shape index (κ1) is 12.2. The third-order valence-corrected chi connectivity index (χ3v) is 2.60. The van der Waals surface area contributed by atoms with Gasteiger partial charge in [0.2, 0.25) is 0 Å². The van der Waals surface area contributed by atoms with Crippen molar-refractivity contribution in [2.45, 2.75) is 26.8 Å². The molecule has 1 rings (SSSR count). The molecule has 0 spiro atoms. The first-order valence-electron chi connectivity index (χ1n) is 4.93. The second-order valence-electron chi connectivity index (χ2n) is 4.00. The summed E-state index contributed by atoms with van der Waals surface area (Å²) in [4.78, 5) is 35.4. The number of nitrogens with zero attached hydrogens (tertiary/aromatic N) is 1. The van der Waals surface area contributed by atoms with E-state index in [1.54, 1.807) is 6.92 Å². The molecule has 0 aliphatic rings. The molecule has 0 bridgehead atoms. The van der Waals surface area contributed by atoms with Crippen molar-refractivity contribution in [2.24, 2.45) is 5.92 Å². The van der Waals surface area contributed by atoms with Crippen LogP contribution in [0.4, 0.5) is 0 Å². The van der Waals surface area contributed by atoms with Gasteiger partial charge in [-0.25, -0.2) is 9.59 Å². The number of aromatic nitrogens is 2. The van der Waals surface area contributed by atoms with E-state index in [-0.39, 0.29) is 12.0 Å². The quantitative estimate of drug-likeness (QED) is 0.782. The molecule has 0 amide bonds. The zero-order chi connectivity index (χ0) is 12.5. The number of carbonyl (C=O) groups is 1. The van der Waals surface area contributed by atoms with Crippen LogP contribution in [0, 0.1) is 5.92 Å². The van der Waals surface area contributed by atoms with Crippen LogP contribution in [0.5, 0.6) is 0 Å². The minimum absolute atomic E-state index is 0.158. The molecule has 1 atom stereocenters. The summed E-state index contributed by atoms with van der Waals surface area (Å²) in [6.07, 6.45) is 1.09. The van der Waals surface area contributed by atoms with E-state index in [9.17, 15) is 14.4 Å². The largest absolute Gasteiger partial charge is 0.477 e. The Morgan fingerprint density at radius 3 is 2.38 bits per heavy atom. The molecule has 0 aromatic carbocycles. The number of aromatic carboxylic acids is 1. The molecule has 1 heterocycles. The van der Waals surface area contributed by atoms with Crippen LogP contribution in [0.2, 0.25) is 0 Å². The molecule has 1 aromatic rings. The molecule has 6 nitrogen and oxygen atoms in total. The van der Waals surface area contributed by atoms with Crippen molar-refractivity contribution in [1.29, 1.82) is 0 Å². The highest BCUT2D eigenvalue weighted by atomic mass is 16.4. The van der Waals surface area contributed by atoms with Crippen LogP contribution in [-0.4, -0.2) is 20.6 Å². The van der Waals surface area contributed by atoms with Crippen LogP contribution >= 0.6 is 0 Å². The maximum atomic E-state index is 11.5. The van der Waals surface area contributed by atoms with Gasteiger partial charge in [0, 0.05) is 12.2 Å². The fourth-order valence-electron chi connectivity index (χ4n) is 1.26. The second kappa shape index (κ2) is 4.34. The van der Waals surface area contributed by atoms with Gasteiger partial charge in [0.05, 0.1) is 0 Å². The van der Waals surface area contributed by atoms with Crippen molar-refractivity contribution < 1.29 is 9.90 Å². The summed E-state index contributed by atoms with van der Waals surface area (Å²) in [7, 11) is 0. The average Bonchev–Trinajstić information content (AvgIpc) is 2.16. The third kappa shape index (κ3) is 2.21. The maximum Gasteiger partial charge on any atom is 0.342 e. The zero-order valence-electron chi connectivity index (χ0n) is 9.35. The van der Waals surface area contributed by atoms with Gasteiger partial charge in [-0.05, 0) is 12.8 Å². The lowest BCUT2D eigenvalue weighted by atomic mass is 10.1. The van der Waals surface area contributed by atoms with Crippen molar-refractivity contribution in [3.63, 3.8) is 0 Å². The van der Waals surface area contributed by atoms with Gasteiger partial charge in [-0.1, -0.05) is 13.8 Å². The lowest BCUT2D eigenvalue weighted by Crippen LogP contribution is -2.35. The molecule has 0 saturated carbocycles. The number of H-pyrrole nitrogens is 1. The summed E-state index contributed by atoms with van der Waals surface area (Å²) in [5.74, 6) is -1.18. The fourth-order valence-corrected chi connectivity index (χ4v) is 1.26. The smallest absolute Gasteiger partial charge is 0.342 e. The Labute approximate surface area is 91.5 Å². The van der Waals surface area contributed by atoms with Gasteiger partial charge in [-0.2, -0.15) is 0 Å². The normalized spacial score (nSPS) is 12.8. The molecule has 0 aliphatic carbocycles. The molecular formula is C10H14N2O4. The van der Waals surface area contributed by atoms with Crippen molar-refractivity contribution in [2.75, 3.05) is 0 Å². The monoisotopic (exact) mass is 226 g/mol. The number of rotatable bonds is 3. The maximum absolute atomic E-state index is 11.5. The van der Waals surface area contributed by atoms with Crippen LogP contribution in [0.15, 0.2) is 15.8 Å². The predicted octanol–water partition coefficient (Wildman–Crippen LogP) is 0.452. The average molecular weight is 226 g/mol. The van der Waals surface area contributed by atoms with Crippen LogP contribution in [0.3, 0.4) is 0 Å². The highest BCUT2D eigenvalue weighted by Gasteiger charge is 2.16. The van der Waals surface area contributed by atoms with E-state index in [1.807, 2.05) is 18.8 Å². The standard InChI is InChI=1S/C10H14N2O4/c1-5(2)6(3)12-4-7(9(14)15)8(13)11-10(12)16/h4-6H,1-3H3,(H,14,15)(H,11,13,16). The molecule has 16 heavy (non-hydrogen) atoms. The minimum atomic E-state index is -1.34. The summed E-state index contributed by atoms with van der Waals surface area (Å²) < 4.78 is 1.23. The number of carboxylic acid groups (broad SMARTS) is 1. The summed E-state index contributed by atoms with van der Waals surface area (Å²) in [5, 5.41) is 8.77. The molecule has 88 valence electrons. The zero-order valence-corrected chi connectivity index (χ0v) is 9.35. The van der Waals surface area contributed by atoms with Gasteiger partial charge >= 0.3 is 11.7 Å². The first-order valence-corrected chi connectivity index (χ1v) is 4.93. The summed E-state index contributed by atoms with van der Waals surface area (Å²) in [5.41, 5.74) is -1.88. The van der Waals surface area contributed by atoms with Crippen LogP contribution < -0.4 is 11.2 Å². The number of nitrogens with one attached hydrogen (secondary N) is 1. The number of aromatic amines is 1. The molecule has 6 heteroatoms. The Hall–Kier alpha value is -1.85. The van der Waals surface area contributed by atoms with Crippen molar-refractivity contribution in [3.8, 4) is 0 Å². The van der Waals surface area contributed by atoms with Crippen molar-refractivity contribution in [3.05, 3.63) is 32.6 Å². The van der Waals surface area contributed by atoms with E-state index in [4.69, 9.17) is 5.11 Å². The van der Waals surface area contributed by atoms with E-state index in [2.05, 4.69) is 0 Å². The number of hydrogen-bond donors (Lipinski definition) is 2. The van der Waals surface area contributed by atoms with E-state index in [0.717, 1.165) is 6.20 Å². The fraction of sp³-hybridized carbons (Fsp3) is 0.500. The molecular weight excluding hydrogens is 212 g/mol. The van der Waals surface area contributed by atoms with Crippen LogP contribution in [-0.2, 0) is 0 Å². The van der Waals surface area contributed by atoms with Gasteiger partial charge in [0.15, 0.2) is 0 Å². The Morgan fingerprint density at radius 1 is 1.38 bits per heavy atom. The Kier molecular flexibility index (Phi) is 3.31. The third-order valence-electron chi connectivity index (χ3n) is 2.60. The summed E-state index contributed by atoms with van der Waals surface area (Å²) >= 11 is 0. The summed E-state index contributed by atoms with van der Waals surface area (Å²) in [6.45, 7) is 5.60. The lowest BCUT2D eigenvalue weighted by Gasteiger charge is -2.18. The van der Waals surface area contributed by atoms with Gasteiger partial charge in [-0.3, -0.25) is 14.3 Å². The highest BCUT2D eigenvalue weighted by Crippen LogP contribution is 2.13. The van der Waals surface area contributed by atoms with E-state index >= 15 is 0 Å². The summed E-state index contributed by atoms with van der Waals surface area (Å²) in [6, 6.07) is -0.178. The Bertz CT molecular complexity index is 512. The Morgan fingerprint density at radius 2 is 1.94 bits per heavy atom. The van der Waals surface area contributed by atoms with E-state index in [0.29, 0.717) is 0 Å². The predicted molar refractivity (Wildman–Crippen MR) is 57.8 cm³/mol. The van der Waals surface area contributed by atoms with Crippen molar-refractivity contribution >= 4 is 5.97 Å². The second-order valence-corrected chi connectivity index (χ2v) is 4.00. The van der Waals surface area contributed by atoms with Crippen LogP contribution in [0.1, 0.15) is 37.2 Å². The van der Waals surface area contributed by atoms with Gasteiger partial charge < -0.3 is 5.11 Å². The first-order chi connectivity index (χ1) is 7.34. The van der Waals surface area contributed by atoms with Gasteiger partial charge in [0.1, 0.15) is 5.56 Å².